The highest BCUT2D eigenvalue weighted by molar-refractivity contribution is 5.66. The lowest BCUT2D eigenvalue weighted by atomic mass is 10.4. The Kier molecular flexibility index (Phi) is 9.11. The SMILES string of the molecule is CC(=O)OC(C)COCC(C)O.O. The highest BCUT2D eigenvalue weighted by Crippen LogP contribution is 1.93. The van der Waals surface area contributed by atoms with Crippen molar-refractivity contribution >= 4 is 5.97 Å². The molecule has 0 bridgehead atoms. The van der Waals surface area contributed by atoms with Gasteiger partial charge in [0.25, 0.3) is 0 Å². The minimum atomic E-state index is -0.477. The first kappa shape index (κ1) is 14.9. The van der Waals surface area contributed by atoms with Crippen molar-refractivity contribution in [2.75, 3.05) is 13.2 Å². The van der Waals surface area contributed by atoms with Gasteiger partial charge >= 0.3 is 5.97 Å². The van der Waals surface area contributed by atoms with E-state index in [9.17, 15) is 4.79 Å². The molecule has 2 unspecified atom stereocenters. The smallest absolute Gasteiger partial charge is 0.302 e. The van der Waals surface area contributed by atoms with E-state index in [1.807, 2.05) is 0 Å². The maximum atomic E-state index is 10.4. The molecule has 80 valence electrons. The van der Waals surface area contributed by atoms with Crippen molar-refractivity contribution in [1.29, 1.82) is 0 Å². The molecule has 0 fully saturated rings. The van der Waals surface area contributed by atoms with E-state index in [1.54, 1.807) is 13.8 Å². The summed E-state index contributed by atoms with van der Waals surface area (Å²) in [4.78, 5) is 10.4. The van der Waals surface area contributed by atoms with Crippen LogP contribution in [0.25, 0.3) is 0 Å². The van der Waals surface area contributed by atoms with Gasteiger partial charge in [-0.1, -0.05) is 0 Å². The molecule has 0 aromatic rings. The zero-order valence-electron chi connectivity index (χ0n) is 8.24. The van der Waals surface area contributed by atoms with Crippen LogP contribution in [0.3, 0.4) is 0 Å². The summed E-state index contributed by atoms with van der Waals surface area (Å²) in [6.45, 7) is 5.32. The third-order valence-electron chi connectivity index (χ3n) is 1.08. The quantitative estimate of drug-likeness (QED) is 0.598. The number of esters is 1. The second-order valence-corrected chi connectivity index (χ2v) is 2.81. The molecule has 0 amide bonds. The number of ether oxygens (including phenoxy) is 2. The van der Waals surface area contributed by atoms with Crippen molar-refractivity contribution < 1.29 is 24.9 Å². The minimum absolute atomic E-state index is 0. The van der Waals surface area contributed by atoms with Crippen LogP contribution in [0.5, 0.6) is 0 Å². The highest BCUT2D eigenvalue weighted by atomic mass is 16.6. The van der Waals surface area contributed by atoms with Gasteiger partial charge in [-0.2, -0.15) is 0 Å². The second-order valence-electron chi connectivity index (χ2n) is 2.81. The Labute approximate surface area is 78.0 Å². The van der Waals surface area contributed by atoms with E-state index < -0.39 is 6.10 Å². The molecule has 0 heterocycles. The summed E-state index contributed by atoms with van der Waals surface area (Å²) in [5, 5.41) is 8.81. The van der Waals surface area contributed by atoms with Gasteiger partial charge in [-0.15, -0.1) is 0 Å². The summed E-state index contributed by atoms with van der Waals surface area (Å²) in [5.41, 5.74) is 0. The number of carbonyl (C=O) groups excluding carboxylic acids is 1. The predicted molar refractivity (Wildman–Crippen MR) is 47.3 cm³/mol. The van der Waals surface area contributed by atoms with Crippen LogP contribution in [-0.2, 0) is 14.3 Å². The molecule has 0 aromatic carbocycles. The van der Waals surface area contributed by atoms with Gasteiger partial charge in [-0.25, -0.2) is 0 Å². The fourth-order valence-corrected chi connectivity index (χ4v) is 0.722. The molecule has 5 heteroatoms. The molecule has 0 rings (SSSR count). The molecular weight excluding hydrogens is 176 g/mol. The van der Waals surface area contributed by atoms with Crippen LogP contribution in [0, 0.1) is 0 Å². The average Bonchev–Trinajstić information content (AvgIpc) is 1.84. The Morgan fingerprint density at radius 3 is 2.31 bits per heavy atom. The Balaban J connectivity index is 0. The number of rotatable bonds is 5. The van der Waals surface area contributed by atoms with Gasteiger partial charge in [0, 0.05) is 6.92 Å². The van der Waals surface area contributed by atoms with E-state index in [1.165, 1.54) is 6.92 Å². The summed E-state index contributed by atoms with van der Waals surface area (Å²) >= 11 is 0. The second kappa shape index (κ2) is 7.97. The molecule has 0 aliphatic carbocycles. The first-order valence-electron chi connectivity index (χ1n) is 3.95. The van der Waals surface area contributed by atoms with Crippen molar-refractivity contribution in [2.45, 2.75) is 33.0 Å². The molecule has 0 spiro atoms. The third-order valence-corrected chi connectivity index (χ3v) is 1.08. The zero-order chi connectivity index (χ0) is 9.56. The van der Waals surface area contributed by atoms with Crippen LogP contribution in [-0.4, -0.2) is 42.0 Å². The third kappa shape index (κ3) is 11.3. The first-order chi connectivity index (χ1) is 5.52. The van der Waals surface area contributed by atoms with Gasteiger partial charge in [0.1, 0.15) is 6.10 Å². The lowest BCUT2D eigenvalue weighted by molar-refractivity contribution is -0.148. The van der Waals surface area contributed by atoms with E-state index >= 15 is 0 Å². The summed E-state index contributed by atoms with van der Waals surface area (Å²) in [5.74, 6) is -0.317. The van der Waals surface area contributed by atoms with Crippen LogP contribution in [0.15, 0.2) is 0 Å². The fourth-order valence-electron chi connectivity index (χ4n) is 0.722. The van der Waals surface area contributed by atoms with Gasteiger partial charge in [-0.3, -0.25) is 4.79 Å². The molecular formula is C8H18O5. The van der Waals surface area contributed by atoms with Crippen molar-refractivity contribution in [3.63, 3.8) is 0 Å². The fraction of sp³-hybridized carbons (Fsp3) is 0.875. The summed E-state index contributed by atoms with van der Waals surface area (Å²) < 4.78 is 9.82. The molecule has 0 aliphatic rings. The van der Waals surface area contributed by atoms with Crippen LogP contribution >= 0.6 is 0 Å². The van der Waals surface area contributed by atoms with Crippen LogP contribution in [0.4, 0.5) is 0 Å². The van der Waals surface area contributed by atoms with E-state index in [0.717, 1.165) is 0 Å². The van der Waals surface area contributed by atoms with Crippen molar-refractivity contribution in [1.82, 2.24) is 0 Å². The van der Waals surface area contributed by atoms with Gasteiger partial charge in [0.15, 0.2) is 0 Å². The molecule has 5 nitrogen and oxygen atoms in total. The monoisotopic (exact) mass is 194 g/mol. The molecule has 13 heavy (non-hydrogen) atoms. The highest BCUT2D eigenvalue weighted by Gasteiger charge is 2.05. The van der Waals surface area contributed by atoms with Crippen molar-refractivity contribution in [2.24, 2.45) is 0 Å². The average molecular weight is 194 g/mol. The molecule has 0 saturated heterocycles. The van der Waals surface area contributed by atoms with Gasteiger partial charge < -0.3 is 20.1 Å². The number of hydrogen-bond donors (Lipinski definition) is 1. The van der Waals surface area contributed by atoms with Crippen LogP contribution in [0.2, 0.25) is 0 Å². The molecule has 0 saturated carbocycles. The standard InChI is InChI=1S/C8H16O4.H2O/c1-6(9)4-11-5-7(2)12-8(3)10;/h6-7,9H,4-5H2,1-3H3;1H2. The Morgan fingerprint density at radius 2 is 1.92 bits per heavy atom. The lowest BCUT2D eigenvalue weighted by Gasteiger charge is -2.12. The lowest BCUT2D eigenvalue weighted by Crippen LogP contribution is -2.21. The topological polar surface area (TPSA) is 87.3 Å². The Bertz CT molecular complexity index is 134. The summed E-state index contributed by atoms with van der Waals surface area (Å²) in [6.07, 6.45) is -0.726. The zero-order valence-corrected chi connectivity index (χ0v) is 8.24. The normalized spacial score (nSPS) is 14.2. The number of aliphatic hydroxyl groups excluding tert-OH is 1. The molecule has 2 atom stereocenters. The maximum Gasteiger partial charge on any atom is 0.302 e. The van der Waals surface area contributed by atoms with Crippen molar-refractivity contribution in [3.05, 3.63) is 0 Å². The maximum absolute atomic E-state index is 10.4. The molecule has 0 aromatic heterocycles. The van der Waals surface area contributed by atoms with E-state index in [2.05, 4.69) is 0 Å². The summed E-state index contributed by atoms with van der Waals surface area (Å²) in [7, 11) is 0. The number of carbonyl (C=O) groups is 1. The van der Waals surface area contributed by atoms with Crippen LogP contribution in [0.1, 0.15) is 20.8 Å². The Hall–Kier alpha value is -0.650. The number of aliphatic hydroxyl groups is 1. The van der Waals surface area contributed by atoms with E-state index in [4.69, 9.17) is 14.6 Å². The molecule has 0 aliphatic heterocycles. The largest absolute Gasteiger partial charge is 0.460 e. The summed E-state index contributed by atoms with van der Waals surface area (Å²) in [6, 6.07) is 0. The van der Waals surface area contributed by atoms with Crippen LogP contribution < -0.4 is 0 Å². The molecule has 3 N–H and O–H groups in total. The van der Waals surface area contributed by atoms with Crippen molar-refractivity contribution in [3.8, 4) is 0 Å². The Morgan fingerprint density at radius 1 is 1.38 bits per heavy atom. The first-order valence-corrected chi connectivity index (χ1v) is 3.95. The van der Waals surface area contributed by atoms with E-state index in [0.29, 0.717) is 6.61 Å². The predicted octanol–water partition coefficient (Wildman–Crippen LogP) is -0.489. The minimum Gasteiger partial charge on any atom is -0.460 e. The number of hydrogen-bond acceptors (Lipinski definition) is 4. The molecule has 0 radical (unpaired) electrons. The van der Waals surface area contributed by atoms with Gasteiger partial charge in [-0.05, 0) is 13.8 Å². The van der Waals surface area contributed by atoms with Gasteiger partial charge in [0.05, 0.1) is 19.3 Å². The van der Waals surface area contributed by atoms with Gasteiger partial charge in [0.2, 0.25) is 0 Å². The van der Waals surface area contributed by atoms with E-state index in [-0.39, 0.29) is 24.2 Å².